The van der Waals surface area contributed by atoms with Crippen molar-refractivity contribution < 1.29 is 23.7 Å². The zero-order chi connectivity index (χ0) is 18.2. The quantitative estimate of drug-likeness (QED) is 0.687. The molecule has 2 N–H and O–H groups in total. The number of methoxy groups -OCH3 is 3. The number of hydrogen-bond acceptors (Lipinski definition) is 6. The van der Waals surface area contributed by atoms with E-state index in [4.69, 9.17) is 24.7 Å². The molecule has 7 nitrogen and oxygen atoms in total. The van der Waals surface area contributed by atoms with Crippen molar-refractivity contribution in [2.24, 2.45) is 5.73 Å². The van der Waals surface area contributed by atoms with Gasteiger partial charge in [0.15, 0.2) is 11.5 Å². The number of carbonyl (C=O) groups is 1. The molecule has 1 aromatic rings. The summed E-state index contributed by atoms with van der Waals surface area (Å²) < 4.78 is 21.8. The van der Waals surface area contributed by atoms with Gasteiger partial charge in [0.25, 0.3) is 5.91 Å². The van der Waals surface area contributed by atoms with Gasteiger partial charge in [0, 0.05) is 19.7 Å². The van der Waals surface area contributed by atoms with Crippen LogP contribution < -0.4 is 19.9 Å². The monoisotopic (exact) mass is 388 g/mol. The summed E-state index contributed by atoms with van der Waals surface area (Å²) in [6, 6.07) is 3.43. The number of carbonyl (C=O) groups excluding carboxylic acids is 1. The Morgan fingerprint density at radius 2 is 1.77 bits per heavy atom. The minimum absolute atomic E-state index is 0. The summed E-state index contributed by atoms with van der Waals surface area (Å²) in [6.07, 6.45) is 2.71. The summed E-state index contributed by atoms with van der Waals surface area (Å²) in [5.74, 6) is 1.28. The molecule has 0 unspecified atom stereocenters. The molecule has 0 saturated carbocycles. The van der Waals surface area contributed by atoms with Crippen LogP contribution in [0.25, 0.3) is 0 Å². The Bertz CT molecular complexity index is 577. The average molecular weight is 389 g/mol. The van der Waals surface area contributed by atoms with E-state index in [1.165, 1.54) is 14.2 Å². The van der Waals surface area contributed by atoms with Crippen LogP contribution in [0.3, 0.4) is 0 Å². The van der Waals surface area contributed by atoms with Gasteiger partial charge in [-0.25, -0.2) is 0 Å². The van der Waals surface area contributed by atoms with Crippen LogP contribution in [0.15, 0.2) is 12.1 Å². The van der Waals surface area contributed by atoms with Gasteiger partial charge < -0.3 is 29.6 Å². The van der Waals surface area contributed by atoms with Gasteiger partial charge in [0.2, 0.25) is 5.75 Å². The molecule has 8 heteroatoms. The van der Waals surface area contributed by atoms with Gasteiger partial charge in [-0.05, 0) is 37.9 Å². The summed E-state index contributed by atoms with van der Waals surface area (Å²) in [4.78, 5) is 14.7. The Balaban J connectivity index is 0.00000338. The summed E-state index contributed by atoms with van der Waals surface area (Å²) in [7, 11) is 4.60. The van der Waals surface area contributed by atoms with Gasteiger partial charge in [0.05, 0.1) is 33.0 Å². The van der Waals surface area contributed by atoms with Crippen LogP contribution in [-0.4, -0.2) is 64.5 Å². The van der Waals surface area contributed by atoms with Crippen molar-refractivity contribution in [3.63, 3.8) is 0 Å². The van der Waals surface area contributed by atoms with Crippen LogP contribution >= 0.6 is 12.4 Å². The molecule has 0 bridgehead atoms. The predicted octanol–water partition coefficient (Wildman–Crippen LogP) is 2.10. The van der Waals surface area contributed by atoms with Crippen molar-refractivity contribution in [3.05, 3.63) is 17.7 Å². The summed E-state index contributed by atoms with van der Waals surface area (Å²) in [5, 5.41) is 0. The maximum atomic E-state index is 12.9. The first-order valence-corrected chi connectivity index (χ1v) is 8.56. The van der Waals surface area contributed by atoms with E-state index in [1.807, 2.05) is 4.90 Å². The lowest BCUT2D eigenvalue weighted by Crippen LogP contribution is -2.41. The molecule has 1 saturated heterocycles. The molecule has 1 heterocycles. The fourth-order valence-corrected chi connectivity index (χ4v) is 3.00. The fraction of sp³-hybridized carbons (Fsp3) is 0.611. The van der Waals surface area contributed by atoms with Crippen molar-refractivity contribution in [2.45, 2.75) is 25.4 Å². The number of hydrogen-bond donors (Lipinski definition) is 1. The number of rotatable bonds is 8. The highest BCUT2D eigenvalue weighted by atomic mass is 35.5. The first-order valence-electron chi connectivity index (χ1n) is 8.56. The maximum Gasteiger partial charge on any atom is 0.257 e. The topological polar surface area (TPSA) is 83.2 Å². The minimum Gasteiger partial charge on any atom is -0.493 e. The highest BCUT2D eigenvalue weighted by Gasteiger charge is 2.28. The third-order valence-corrected chi connectivity index (χ3v) is 4.37. The molecule has 1 aliphatic heterocycles. The Hall–Kier alpha value is -1.70. The number of nitrogens with zero attached hydrogens (tertiary/aromatic N) is 1. The highest BCUT2D eigenvalue weighted by Crippen LogP contribution is 2.40. The molecular formula is C18H29ClN2O5. The van der Waals surface area contributed by atoms with Gasteiger partial charge in [-0.1, -0.05) is 0 Å². The molecule has 0 atom stereocenters. The molecular weight excluding hydrogens is 360 g/mol. The number of nitrogens with two attached hydrogens (primary N) is 1. The van der Waals surface area contributed by atoms with Crippen molar-refractivity contribution in [2.75, 3.05) is 47.6 Å². The van der Waals surface area contributed by atoms with Crippen LogP contribution in [0, 0.1) is 0 Å². The lowest BCUT2D eigenvalue weighted by atomic mass is 10.1. The van der Waals surface area contributed by atoms with E-state index in [-0.39, 0.29) is 24.4 Å². The van der Waals surface area contributed by atoms with Crippen molar-refractivity contribution in [1.29, 1.82) is 0 Å². The van der Waals surface area contributed by atoms with Gasteiger partial charge in [-0.2, -0.15) is 0 Å². The molecule has 1 aromatic carbocycles. The molecule has 1 fully saturated rings. The summed E-state index contributed by atoms with van der Waals surface area (Å²) in [5.41, 5.74) is 5.95. The number of halogens is 1. The molecule has 1 amide bonds. The van der Waals surface area contributed by atoms with Gasteiger partial charge in [-0.15, -0.1) is 12.4 Å². The average Bonchev–Trinajstić information content (AvgIpc) is 2.66. The Labute approximate surface area is 161 Å². The first-order chi connectivity index (χ1) is 12.2. The molecule has 26 heavy (non-hydrogen) atoms. The van der Waals surface area contributed by atoms with E-state index >= 15 is 0 Å². The van der Waals surface area contributed by atoms with Crippen LogP contribution in [0.4, 0.5) is 0 Å². The Kier molecular flexibility index (Phi) is 9.54. The second-order valence-electron chi connectivity index (χ2n) is 5.89. The van der Waals surface area contributed by atoms with E-state index in [2.05, 4.69) is 0 Å². The Morgan fingerprint density at radius 3 is 2.31 bits per heavy atom. The smallest absolute Gasteiger partial charge is 0.257 e. The van der Waals surface area contributed by atoms with E-state index in [1.54, 1.807) is 19.2 Å². The van der Waals surface area contributed by atoms with Gasteiger partial charge in [0.1, 0.15) is 0 Å². The van der Waals surface area contributed by atoms with Crippen LogP contribution in [0.2, 0.25) is 0 Å². The number of piperidine rings is 1. The number of ether oxygens (including phenoxy) is 4. The first kappa shape index (κ1) is 22.3. The lowest BCUT2D eigenvalue weighted by molar-refractivity contribution is 0.00836. The van der Waals surface area contributed by atoms with Gasteiger partial charge in [-0.3, -0.25) is 4.79 Å². The zero-order valence-electron chi connectivity index (χ0n) is 15.7. The van der Waals surface area contributed by atoms with Crippen LogP contribution in [0.1, 0.15) is 29.6 Å². The summed E-state index contributed by atoms with van der Waals surface area (Å²) in [6.45, 7) is 2.63. The van der Waals surface area contributed by atoms with Crippen molar-refractivity contribution >= 4 is 18.3 Å². The number of likely N-dealkylation sites (tertiary alicyclic amines) is 1. The normalized spacial score (nSPS) is 14.5. The fourth-order valence-electron chi connectivity index (χ4n) is 3.00. The molecule has 2 rings (SSSR count). The van der Waals surface area contributed by atoms with E-state index in [0.717, 1.165) is 19.3 Å². The Morgan fingerprint density at radius 1 is 1.12 bits per heavy atom. The standard InChI is InChI=1S/C18H28N2O5.ClH/c1-22-15-6-5-14(16(23-2)17(15)24-3)18(21)20-10-7-13(8-11-20)25-12-4-9-19;/h5-6,13H,4,7-12,19H2,1-3H3;1H. The third kappa shape index (κ3) is 5.16. The number of amides is 1. The SMILES string of the molecule is COc1ccc(C(=O)N2CCC(OCCCN)CC2)c(OC)c1OC.Cl. The highest BCUT2D eigenvalue weighted by molar-refractivity contribution is 5.98. The molecule has 0 radical (unpaired) electrons. The summed E-state index contributed by atoms with van der Waals surface area (Å²) >= 11 is 0. The molecule has 148 valence electrons. The van der Waals surface area contributed by atoms with Crippen molar-refractivity contribution in [3.8, 4) is 17.2 Å². The largest absolute Gasteiger partial charge is 0.493 e. The van der Waals surface area contributed by atoms with Crippen LogP contribution in [0.5, 0.6) is 17.2 Å². The van der Waals surface area contributed by atoms with E-state index in [0.29, 0.717) is 49.1 Å². The molecule has 0 aromatic heterocycles. The second-order valence-corrected chi connectivity index (χ2v) is 5.89. The second kappa shape index (κ2) is 11.1. The zero-order valence-corrected chi connectivity index (χ0v) is 16.5. The van der Waals surface area contributed by atoms with E-state index < -0.39 is 0 Å². The third-order valence-electron chi connectivity index (χ3n) is 4.37. The number of benzene rings is 1. The van der Waals surface area contributed by atoms with E-state index in [9.17, 15) is 4.79 Å². The molecule has 0 aliphatic carbocycles. The van der Waals surface area contributed by atoms with Crippen LogP contribution in [-0.2, 0) is 4.74 Å². The maximum absolute atomic E-state index is 12.9. The van der Waals surface area contributed by atoms with Gasteiger partial charge >= 0.3 is 0 Å². The predicted molar refractivity (Wildman–Crippen MR) is 102 cm³/mol. The molecule has 0 spiro atoms. The lowest BCUT2D eigenvalue weighted by Gasteiger charge is -2.32. The minimum atomic E-state index is -0.0711. The van der Waals surface area contributed by atoms with Crippen molar-refractivity contribution in [1.82, 2.24) is 4.90 Å². The molecule has 1 aliphatic rings.